The summed E-state index contributed by atoms with van der Waals surface area (Å²) in [7, 11) is 0. The molecule has 0 spiro atoms. The van der Waals surface area contributed by atoms with Crippen molar-refractivity contribution < 1.29 is 28.3 Å². The van der Waals surface area contributed by atoms with E-state index in [9.17, 15) is 19.1 Å². The molecule has 3 aromatic rings. The number of piperidine rings is 3. The molecule has 2 N–H and O–H groups in total. The molecule has 3 aliphatic rings. The molecule has 186 valence electrons. The zero-order valence-corrected chi connectivity index (χ0v) is 20.0. The fourth-order valence-corrected chi connectivity index (χ4v) is 5.47. The number of fused-ring (bicyclic) bond motifs is 3. The number of anilines is 1. The third-order valence-electron chi connectivity index (χ3n) is 7.50. The van der Waals surface area contributed by atoms with Crippen LogP contribution in [0.25, 0.3) is 0 Å². The number of carbonyl (C=O) groups excluding carboxylic acids is 2. The molecule has 0 amide bonds. The van der Waals surface area contributed by atoms with Gasteiger partial charge in [0.05, 0.1) is 13.1 Å². The van der Waals surface area contributed by atoms with Gasteiger partial charge in [0, 0.05) is 30.0 Å². The van der Waals surface area contributed by atoms with Crippen molar-refractivity contribution in [2.24, 2.45) is 5.92 Å². The molecule has 0 aliphatic carbocycles. The molecule has 3 saturated heterocycles. The van der Waals surface area contributed by atoms with Gasteiger partial charge in [0.2, 0.25) is 5.78 Å². The van der Waals surface area contributed by atoms with Gasteiger partial charge in [0.25, 0.3) is 0 Å². The minimum atomic E-state index is -0.737. The number of esters is 1. The van der Waals surface area contributed by atoms with Gasteiger partial charge in [-0.1, -0.05) is 30.3 Å². The van der Waals surface area contributed by atoms with E-state index in [-0.39, 0.29) is 35.3 Å². The van der Waals surface area contributed by atoms with Crippen LogP contribution in [0.4, 0.5) is 10.1 Å². The first-order chi connectivity index (χ1) is 17.4. The number of ether oxygens (including phenoxy) is 1. The Hall–Kier alpha value is -3.71. The monoisotopic (exact) mass is 489 g/mol. The number of halogens is 1. The summed E-state index contributed by atoms with van der Waals surface area (Å²) in [4.78, 5) is 26.5. The molecule has 36 heavy (non-hydrogen) atoms. The van der Waals surface area contributed by atoms with Crippen molar-refractivity contribution in [2.45, 2.75) is 25.0 Å². The molecule has 2 bridgehead atoms. The number of phenols is 1. The summed E-state index contributed by atoms with van der Waals surface area (Å²) >= 11 is 0. The number of nitrogens with zero attached hydrogens (tertiary/aromatic N) is 1. The molecule has 0 saturated carbocycles. The lowest BCUT2D eigenvalue weighted by molar-refractivity contribution is -0.938. The van der Waals surface area contributed by atoms with Crippen molar-refractivity contribution in [1.29, 1.82) is 0 Å². The van der Waals surface area contributed by atoms with Gasteiger partial charge in [0.1, 0.15) is 24.7 Å². The van der Waals surface area contributed by atoms with Crippen LogP contribution in [0.1, 0.15) is 34.8 Å². The number of Topliss-reactive ketones (excluding diaryl/α,β-unsaturated/α-hetero) is 1. The summed E-state index contributed by atoms with van der Waals surface area (Å²) in [5, 5.41) is 12.7. The second-order valence-electron chi connectivity index (χ2n) is 9.91. The van der Waals surface area contributed by atoms with Crippen LogP contribution in [0.2, 0.25) is 0 Å². The molecule has 0 aromatic heterocycles. The minimum absolute atomic E-state index is 0.0283. The summed E-state index contributed by atoms with van der Waals surface area (Å²) in [5.74, 6) is -0.290. The Balaban J connectivity index is 1.31. The highest BCUT2D eigenvalue weighted by atomic mass is 19.1. The van der Waals surface area contributed by atoms with E-state index >= 15 is 0 Å². The van der Waals surface area contributed by atoms with Crippen molar-refractivity contribution in [3.8, 4) is 5.75 Å². The lowest BCUT2D eigenvalue weighted by Crippen LogP contribution is -2.65. The Morgan fingerprint density at radius 1 is 0.972 bits per heavy atom. The van der Waals surface area contributed by atoms with Crippen molar-refractivity contribution >= 4 is 17.4 Å². The van der Waals surface area contributed by atoms with E-state index in [4.69, 9.17) is 4.74 Å². The molecular weight excluding hydrogens is 459 g/mol. The molecule has 3 fully saturated rings. The van der Waals surface area contributed by atoms with E-state index in [1.165, 1.54) is 24.3 Å². The van der Waals surface area contributed by atoms with Crippen LogP contribution in [0.15, 0.2) is 78.9 Å². The second kappa shape index (κ2) is 10.1. The molecule has 0 radical (unpaired) electrons. The third-order valence-corrected chi connectivity index (χ3v) is 7.50. The van der Waals surface area contributed by atoms with Crippen molar-refractivity contribution in [3.05, 3.63) is 95.8 Å². The number of benzene rings is 3. The van der Waals surface area contributed by atoms with E-state index in [0.717, 1.165) is 31.5 Å². The fourth-order valence-electron chi connectivity index (χ4n) is 5.47. The number of carbonyl (C=O) groups is 2. The number of phenolic OH excluding ortho intramolecular Hbond substituents is 1. The van der Waals surface area contributed by atoms with Crippen LogP contribution in [-0.2, 0) is 9.53 Å². The average molecular weight is 490 g/mol. The molecular formula is C29H30FN2O4+. The molecule has 3 aliphatic heterocycles. The van der Waals surface area contributed by atoms with E-state index in [2.05, 4.69) is 5.32 Å². The number of nitrogens with one attached hydrogen (secondary N) is 1. The normalized spacial score (nSPS) is 23.6. The van der Waals surface area contributed by atoms with Crippen LogP contribution in [0, 0.1) is 11.7 Å². The largest absolute Gasteiger partial charge is 0.508 e. The van der Waals surface area contributed by atoms with Gasteiger partial charge < -0.3 is 19.6 Å². The van der Waals surface area contributed by atoms with E-state index in [1.807, 2.05) is 30.3 Å². The Morgan fingerprint density at radius 3 is 2.31 bits per heavy atom. The number of hydrogen-bond donors (Lipinski definition) is 2. The average Bonchev–Trinajstić information content (AvgIpc) is 2.89. The number of ketones is 1. The standard InChI is InChI=1S/C29H29FN2O4/c30-23-8-10-24(11-9-23)31-28(22-4-2-1-3-5-22)29(35)36-27-19-32(16-14-21(27)15-17-32)18-26(34)20-6-12-25(33)13-7-20/h1-13,21,27-28,31H,14-19H2/p+1/t21?,27-,28-,32?/m0/s1. The maximum atomic E-state index is 13.5. The van der Waals surface area contributed by atoms with Gasteiger partial charge in [-0.25, -0.2) is 9.18 Å². The highest BCUT2D eigenvalue weighted by Gasteiger charge is 2.49. The summed E-state index contributed by atoms with van der Waals surface area (Å²) < 4.78 is 20.1. The Bertz CT molecular complexity index is 1210. The van der Waals surface area contributed by atoms with Crippen LogP contribution in [0.3, 0.4) is 0 Å². The summed E-state index contributed by atoms with van der Waals surface area (Å²) in [6, 6.07) is 20.9. The molecule has 6 nitrogen and oxygen atoms in total. The van der Waals surface area contributed by atoms with Crippen molar-refractivity contribution in [2.75, 3.05) is 31.5 Å². The molecule has 2 atom stereocenters. The number of aromatic hydroxyl groups is 1. The number of quaternary nitrogens is 1. The van der Waals surface area contributed by atoms with E-state index in [0.29, 0.717) is 28.8 Å². The first kappa shape index (κ1) is 24.0. The SMILES string of the molecule is O=C(C[N+]12CCC(CC1)[C@@H](OC(=O)[C@@H](Nc1ccc(F)cc1)c1ccccc1)C2)c1ccc(O)cc1. The van der Waals surface area contributed by atoms with Gasteiger partial charge in [-0.2, -0.15) is 0 Å². The molecule has 6 rings (SSSR count). The quantitative estimate of drug-likeness (QED) is 0.272. The number of rotatable bonds is 8. The van der Waals surface area contributed by atoms with Crippen molar-refractivity contribution in [1.82, 2.24) is 0 Å². The van der Waals surface area contributed by atoms with Gasteiger partial charge in [-0.15, -0.1) is 0 Å². The first-order valence-electron chi connectivity index (χ1n) is 12.4. The Kier molecular flexibility index (Phi) is 6.74. The van der Waals surface area contributed by atoms with Crippen LogP contribution in [0.5, 0.6) is 5.75 Å². The zero-order chi connectivity index (χ0) is 25.1. The Labute approximate surface area is 209 Å². The zero-order valence-electron chi connectivity index (χ0n) is 20.0. The van der Waals surface area contributed by atoms with E-state index in [1.54, 1.807) is 24.3 Å². The van der Waals surface area contributed by atoms with Crippen LogP contribution in [-0.4, -0.2) is 53.6 Å². The summed E-state index contributed by atoms with van der Waals surface area (Å²) in [6.45, 7) is 2.73. The Morgan fingerprint density at radius 2 is 1.64 bits per heavy atom. The van der Waals surface area contributed by atoms with Gasteiger partial charge in [-0.05, 0) is 54.1 Å². The maximum absolute atomic E-state index is 13.5. The number of hydrogen-bond acceptors (Lipinski definition) is 5. The van der Waals surface area contributed by atoms with Gasteiger partial charge in [-0.3, -0.25) is 4.79 Å². The lowest BCUT2D eigenvalue weighted by atomic mass is 9.82. The highest BCUT2D eigenvalue weighted by molar-refractivity contribution is 5.97. The second-order valence-corrected chi connectivity index (χ2v) is 9.91. The first-order valence-corrected chi connectivity index (χ1v) is 12.4. The predicted molar refractivity (Wildman–Crippen MR) is 134 cm³/mol. The van der Waals surface area contributed by atoms with Crippen LogP contribution < -0.4 is 5.32 Å². The molecule has 7 heteroatoms. The minimum Gasteiger partial charge on any atom is -0.508 e. The molecule has 3 heterocycles. The highest BCUT2D eigenvalue weighted by Crippen LogP contribution is 2.37. The summed E-state index contributed by atoms with van der Waals surface area (Å²) in [5.41, 5.74) is 1.97. The topological polar surface area (TPSA) is 75.6 Å². The maximum Gasteiger partial charge on any atom is 0.333 e. The van der Waals surface area contributed by atoms with E-state index < -0.39 is 6.04 Å². The predicted octanol–water partition coefficient (Wildman–Crippen LogP) is 4.72. The smallest absolute Gasteiger partial charge is 0.333 e. The van der Waals surface area contributed by atoms with Gasteiger partial charge in [0.15, 0.2) is 12.1 Å². The third kappa shape index (κ3) is 5.26. The lowest BCUT2D eigenvalue weighted by Gasteiger charge is -2.51. The van der Waals surface area contributed by atoms with Crippen molar-refractivity contribution in [3.63, 3.8) is 0 Å². The molecule has 3 aromatic carbocycles. The van der Waals surface area contributed by atoms with Gasteiger partial charge >= 0.3 is 5.97 Å². The van der Waals surface area contributed by atoms with Crippen LogP contribution >= 0.6 is 0 Å². The summed E-state index contributed by atoms with van der Waals surface area (Å²) in [6.07, 6.45) is 1.54. The molecule has 0 unspecified atom stereocenters. The fraction of sp³-hybridized carbons (Fsp3) is 0.310.